The Morgan fingerprint density at radius 1 is 1.35 bits per heavy atom. The summed E-state index contributed by atoms with van der Waals surface area (Å²) < 4.78 is 0. The van der Waals surface area contributed by atoms with Crippen LogP contribution in [0.4, 0.5) is 11.4 Å². The average Bonchev–Trinajstić information content (AvgIpc) is 2.85. The van der Waals surface area contributed by atoms with Gasteiger partial charge in [0.2, 0.25) is 5.91 Å². The van der Waals surface area contributed by atoms with Gasteiger partial charge in [0.05, 0.1) is 17.4 Å². The average molecular weight is 365 g/mol. The van der Waals surface area contributed by atoms with E-state index in [0.717, 1.165) is 6.07 Å². The molecule has 1 amide bonds. The van der Waals surface area contributed by atoms with E-state index in [1.54, 1.807) is 13.0 Å². The topological polar surface area (TPSA) is 164 Å². The van der Waals surface area contributed by atoms with Crippen molar-refractivity contribution in [3.05, 3.63) is 33.4 Å². The van der Waals surface area contributed by atoms with Gasteiger partial charge < -0.3 is 20.8 Å². The van der Waals surface area contributed by atoms with Crippen molar-refractivity contribution in [3.8, 4) is 0 Å². The highest BCUT2D eigenvalue weighted by molar-refractivity contribution is 6.02. The number of carbonyl (C=O) groups is 3. The molecule has 2 rings (SSSR count). The Hall–Kier alpha value is -3.01. The van der Waals surface area contributed by atoms with Crippen molar-refractivity contribution in [1.29, 1.82) is 0 Å². The third kappa shape index (κ3) is 3.97. The Balaban J connectivity index is 2.42. The van der Waals surface area contributed by atoms with Crippen LogP contribution in [0.2, 0.25) is 0 Å². The predicted molar refractivity (Wildman–Crippen MR) is 89.9 cm³/mol. The van der Waals surface area contributed by atoms with Gasteiger partial charge in [0, 0.05) is 18.5 Å². The van der Waals surface area contributed by atoms with E-state index >= 15 is 0 Å². The van der Waals surface area contributed by atoms with E-state index < -0.39 is 34.9 Å². The molecule has 4 N–H and O–H groups in total. The molecule has 0 radical (unpaired) electrons. The number of anilines is 1. The van der Waals surface area contributed by atoms with Gasteiger partial charge in [-0.15, -0.1) is 0 Å². The van der Waals surface area contributed by atoms with Crippen molar-refractivity contribution < 1.29 is 29.5 Å². The maximum absolute atomic E-state index is 12.7. The summed E-state index contributed by atoms with van der Waals surface area (Å²) in [5.74, 6) is -2.80. The number of amides is 1. The zero-order valence-electron chi connectivity index (χ0n) is 14.0. The fraction of sp³-hybridized carbons (Fsp3) is 0.438. The predicted octanol–water partition coefficient (Wildman–Crippen LogP) is 0.692. The minimum absolute atomic E-state index is 0.0857. The SMILES string of the molecule is CC1Cc2cc(CC(=O)O)cc([N+](=O)[O-])c2N1C(=O)C(N)CCC(=O)O. The summed E-state index contributed by atoms with van der Waals surface area (Å²) in [5.41, 5.74) is 6.31. The van der Waals surface area contributed by atoms with Crippen molar-refractivity contribution >= 4 is 29.2 Å². The van der Waals surface area contributed by atoms with Crippen LogP contribution in [0, 0.1) is 10.1 Å². The van der Waals surface area contributed by atoms with Crippen LogP contribution in [0.15, 0.2) is 12.1 Å². The molecule has 0 spiro atoms. The number of nitrogens with zero attached hydrogens (tertiary/aromatic N) is 2. The molecule has 1 aliphatic rings. The molecular formula is C16H19N3O7. The van der Waals surface area contributed by atoms with Crippen molar-refractivity contribution in [2.24, 2.45) is 5.73 Å². The smallest absolute Gasteiger partial charge is 0.307 e. The molecule has 10 nitrogen and oxygen atoms in total. The lowest BCUT2D eigenvalue weighted by Gasteiger charge is -2.25. The second-order valence-corrected chi connectivity index (χ2v) is 6.25. The summed E-state index contributed by atoms with van der Waals surface area (Å²) in [5, 5.41) is 29.1. The molecule has 1 heterocycles. The summed E-state index contributed by atoms with van der Waals surface area (Å²) in [6.07, 6.45) is -0.422. The van der Waals surface area contributed by atoms with E-state index in [0.29, 0.717) is 12.0 Å². The molecule has 1 aromatic carbocycles. The fourth-order valence-corrected chi connectivity index (χ4v) is 3.13. The van der Waals surface area contributed by atoms with Crippen LogP contribution in [-0.2, 0) is 27.2 Å². The summed E-state index contributed by atoms with van der Waals surface area (Å²) >= 11 is 0. The second kappa shape index (κ2) is 7.48. The highest BCUT2D eigenvalue weighted by Crippen LogP contribution is 2.41. The van der Waals surface area contributed by atoms with Gasteiger partial charge in [-0.05, 0) is 30.9 Å². The van der Waals surface area contributed by atoms with Crippen molar-refractivity contribution in [1.82, 2.24) is 0 Å². The number of nitro groups is 1. The first-order chi connectivity index (χ1) is 12.1. The second-order valence-electron chi connectivity index (χ2n) is 6.25. The van der Waals surface area contributed by atoms with E-state index in [9.17, 15) is 24.5 Å². The highest BCUT2D eigenvalue weighted by Gasteiger charge is 2.39. The first-order valence-corrected chi connectivity index (χ1v) is 7.94. The lowest BCUT2D eigenvalue weighted by atomic mass is 10.0. The maximum Gasteiger partial charge on any atom is 0.307 e. The van der Waals surface area contributed by atoms with Crippen molar-refractivity contribution in [3.63, 3.8) is 0 Å². The molecule has 0 fully saturated rings. The lowest BCUT2D eigenvalue weighted by molar-refractivity contribution is -0.384. The van der Waals surface area contributed by atoms with E-state index in [1.165, 1.54) is 4.90 Å². The molecular weight excluding hydrogens is 346 g/mol. The van der Waals surface area contributed by atoms with Crippen LogP contribution in [0.25, 0.3) is 0 Å². The molecule has 2 unspecified atom stereocenters. The van der Waals surface area contributed by atoms with Crippen LogP contribution in [-0.4, -0.2) is 45.1 Å². The third-order valence-electron chi connectivity index (χ3n) is 4.20. The minimum atomic E-state index is -1.12. The van der Waals surface area contributed by atoms with Crippen LogP contribution in [0.1, 0.15) is 30.9 Å². The molecule has 0 aliphatic carbocycles. The molecule has 0 saturated carbocycles. The normalized spacial score (nSPS) is 16.8. The monoisotopic (exact) mass is 365 g/mol. The van der Waals surface area contributed by atoms with E-state index in [2.05, 4.69) is 0 Å². The molecule has 0 bridgehead atoms. The van der Waals surface area contributed by atoms with E-state index in [-0.39, 0.29) is 36.2 Å². The van der Waals surface area contributed by atoms with Gasteiger partial charge in [-0.2, -0.15) is 0 Å². The van der Waals surface area contributed by atoms with Gasteiger partial charge in [-0.3, -0.25) is 24.5 Å². The number of hydrogen-bond acceptors (Lipinski definition) is 6. The summed E-state index contributed by atoms with van der Waals surface area (Å²) in [6.45, 7) is 1.70. The van der Waals surface area contributed by atoms with Crippen molar-refractivity contribution in [2.75, 3.05) is 4.90 Å². The minimum Gasteiger partial charge on any atom is -0.481 e. The Morgan fingerprint density at radius 2 is 2.00 bits per heavy atom. The molecule has 1 aliphatic heterocycles. The number of aliphatic carboxylic acids is 2. The Morgan fingerprint density at radius 3 is 2.54 bits per heavy atom. The first kappa shape index (κ1) is 19.3. The zero-order valence-corrected chi connectivity index (χ0v) is 14.0. The van der Waals surface area contributed by atoms with Gasteiger partial charge >= 0.3 is 11.9 Å². The quantitative estimate of drug-likeness (QED) is 0.469. The van der Waals surface area contributed by atoms with Gasteiger partial charge in [0.1, 0.15) is 5.69 Å². The number of benzene rings is 1. The Kier molecular flexibility index (Phi) is 5.56. The summed E-state index contributed by atoms with van der Waals surface area (Å²) in [4.78, 5) is 46.3. The molecule has 26 heavy (non-hydrogen) atoms. The summed E-state index contributed by atoms with van der Waals surface area (Å²) in [6, 6.07) is 1.18. The van der Waals surface area contributed by atoms with Gasteiger partial charge in [0.25, 0.3) is 5.69 Å². The zero-order chi connectivity index (χ0) is 19.6. The molecule has 2 atom stereocenters. The Bertz CT molecular complexity index is 777. The number of carbonyl (C=O) groups excluding carboxylic acids is 1. The molecule has 140 valence electrons. The number of carboxylic acid groups (broad SMARTS) is 2. The van der Waals surface area contributed by atoms with Gasteiger partial charge in [-0.1, -0.05) is 6.07 Å². The van der Waals surface area contributed by atoms with Gasteiger partial charge in [-0.25, -0.2) is 0 Å². The number of carboxylic acids is 2. The van der Waals surface area contributed by atoms with E-state index in [1.807, 2.05) is 0 Å². The number of rotatable bonds is 7. The summed E-state index contributed by atoms with van der Waals surface area (Å²) in [7, 11) is 0. The Labute approximate surface area is 148 Å². The molecule has 10 heteroatoms. The lowest BCUT2D eigenvalue weighted by Crippen LogP contribution is -2.46. The maximum atomic E-state index is 12.7. The standard InChI is InChI=1S/C16H19N3O7/c1-8-4-10-5-9(7-14(22)23)6-12(19(25)26)15(10)18(8)16(24)11(17)2-3-13(20)21/h5-6,8,11H,2-4,7,17H2,1H3,(H,20,21)(H,22,23). The van der Waals surface area contributed by atoms with E-state index in [4.69, 9.17) is 15.9 Å². The number of hydrogen-bond donors (Lipinski definition) is 3. The van der Waals surface area contributed by atoms with Crippen LogP contribution < -0.4 is 10.6 Å². The van der Waals surface area contributed by atoms with Crippen LogP contribution in [0.3, 0.4) is 0 Å². The van der Waals surface area contributed by atoms with Gasteiger partial charge in [0.15, 0.2) is 0 Å². The van der Waals surface area contributed by atoms with Crippen LogP contribution in [0.5, 0.6) is 0 Å². The molecule has 1 aromatic rings. The number of nitro benzene ring substituents is 1. The first-order valence-electron chi connectivity index (χ1n) is 7.94. The third-order valence-corrected chi connectivity index (χ3v) is 4.20. The highest BCUT2D eigenvalue weighted by atomic mass is 16.6. The largest absolute Gasteiger partial charge is 0.481 e. The van der Waals surface area contributed by atoms with Crippen molar-refractivity contribution in [2.45, 2.75) is 44.7 Å². The number of nitrogens with two attached hydrogens (primary N) is 1. The molecule has 0 aromatic heterocycles. The number of fused-ring (bicyclic) bond motifs is 1. The molecule has 0 saturated heterocycles. The fourth-order valence-electron chi connectivity index (χ4n) is 3.13. The van der Waals surface area contributed by atoms with Crippen LogP contribution >= 0.6 is 0 Å².